The van der Waals surface area contributed by atoms with Gasteiger partial charge in [-0.15, -0.1) is 13.2 Å². The molecule has 0 bridgehead atoms. The third-order valence-electron chi connectivity index (χ3n) is 3.06. The topological polar surface area (TPSA) is 54.4 Å². The highest BCUT2D eigenvalue weighted by molar-refractivity contribution is 5.37. The number of hydrogen-bond acceptors (Lipinski definition) is 4. The van der Waals surface area contributed by atoms with Crippen molar-refractivity contribution in [2.45, 2.75) is 31.7 Å². The van der Waals surface area contributed by atoms with Crippen LogP contribution in [0.1, 0.15) is 19.3 Å². The number of nitrogens with zero attached hydrogens (tertiary/aromatic N) is 1. The zero-order chi connectivity index (χ0) is 13.9. The van der Waals surface area contributed by atoms with Crippen LogP contribution < -0.4 is 10.1 Å². The van der Waals surface area contributed by atoms with Gasteiger partial charge in [-0.3, -0.25) is 0 Å². The predicted octanol–water partition coefficient (Wildman–Crippen LogP) is 2.55. The molecule has 1 aliphatic carbocycles. The van der Waals surface area contributed by atoms with Crippen LogP contribution in [0.4, 0.5) is 19.0 Å². The fourth-order valence-corrected chi connectivity index (χ4v) is 2.16. The van der Waals surface area contributed by atoms with Crippen molar-refractivity contribution in [2.75, 3.05) is 11.9 Å². The Kier molecular flexibility index (Phi) is 4.14. The molecule has 0 aromatic carbocycles. The first-order valence-electron chi connectivity index (χ1n) is 6.06. The lowest BCUT2D eigenvalue weighted by Gasteiger charge is -2.12. The summed E-state index contributed by atoms with van der Waals surface area (Å²) in [6.45, 7) is 0.656. The molecule has 1 aromatic heterocycles. The molecular formula is C12H15F3N2O2. The van der Waals surface area contributed by atoms with E-state index < -0.39 is 6.36 Å². The Bertz CT molecular complexity index is 408. The average molecular weight is 276 g/mol. The number of aliphatic hydroxyl groups is 1. The molecule has 0 spiro atoms. The highest BCUT2D eigenvalue weighted by atomic mass is 19.4. The normalized spacial score (nSPS) is 23.4. The molecule has 4 nitrogen and oxygen atoms in total. The molecule has 1 heterocycles. The smallest absolute Gasteiger partial charge is 0.404 e. The minimum atomic E-state index is -4.70. The summed E-state index contributed by atoms with van der Waals surface area (Å²) in [6.07, 6.45) is -1.40. The van der Waals surface area contributed by atoms with E-state index in [-0.39, 0.29) is 11.9 Å². The van der Waals surface area contributed by atoms with E-state index in [0.29, 0.717) is 18.3 Å². The van der Waals surface area contributed by atoms with E-state index in [1.807, 2.05) is 0 Å². The summed E-state index contributed by atoms with van der Waals surface area (Å²) in [5.74, 6) is 0.535. The number of alkyl halides is 3. The van der Waals surface area contributed by atoms with E-state index in [1.54, 1.807) is 0 Å². The molecule has 0 unspecified atom stereocenters. The second kappa shape index (κ2) is 5.64. The molecular weight excluding hydrogens is 261 g/mol. The first-order valence-corrected chi connectivity index (χ1v) is 6.06. The van der Waals surface area contributed by atoms with Gasteiger partial charge in [-0.2, -0.15) is 0 Å². The average Bonchev–Trinajstić information content (AvgIpc) is 2.72. The number of ether oxygens (including phenoxy) is 1. The van der Waals surface area contributed by atoms with Gasteiger partial charge < -0.3 is 15.2 Å². The van der Waals surface area contributed by atoms with Gasteiger partial charge in [0.05, 0.1) is 12.3 Å². The molecule has 0 radical (unpaired) electrons. The number of nitrogens with one attached hydrogen (secondary N) is 1. The standard InChI is InChI=1S/C12H15F3N2O2/c13-12(14,15)19-10-3-4-11(17-7-10)16-6-8-1-2-9(18)5-8/h3-4,7-9,18H,1-2,5-6H2,(H,16,17)/t8-,9+/m0/s1. The lowest BCUT2D eigenvalue weighted by atomic mass is 10.1. The molecule has 7 heteroatoms. The highest BCUT2D eigenvalue weighted by Gasteiger charge is 2.31. The fourth-order valence-electron chi connectivity index (χ4n) is 2.16. The summed E-state index contributed by atoms with van der Waals surface area (Å²) in [7, 11) is 0. The SMILES string of the molecule is O[C@@H]1CC[C@H](CNc2ccc(OC(F)(F)F)cn2)C1. The van der Waals surface area contributed by atoms with Crippen molar-refractivity contribution in [3.05, 3.63) is 18.3 Å². The maximum absolute atomic E-state index is 11.9. The van der Waals surface area contributed by atoms with E-state index in [0.717, 1.165) is 25.5 Å². The quantitative estimate of drug-likeness (QED) is 0.887. The third-order valence-corrected chi connectivity index (χ3v) is 3.06. The van der Waals surface area contributed by atoms with Crippen molar-refractivity contribution >= 4 is 5.82 Å². The maximum atomic E-state index is 11.9. The largest absolute Gasteiger partial charge is 0.573 e. The Balaban J connectivity index is 1.82. The van der Waals surface area contributed by atoms with Crippen LogP contribution in [-0.4, -0.2) is 29.1 Å². The third kappa shape index (κ3) is 4.59. The lowest BCUT2D eigenvalue weighted by Crippen LogP contribution is -2.17. The molecule has 2 atom stereocenters. The maximum Gasteiger partial charge on any atom is 0.573 e. The van der Waals surface area contributed by atoms with Crippen LogP contribution in [0.3, 0.4) is 0 Å². The van der Waals surface area contributed by atoms with Gasteiger partial charge in [0.2, 0.25) is 0 Å². The number of rotatable bonds is 4. The van der Waals surface area contributed by atoms with Gasteiger partial charge in [-0.25, -0.2) is 4.98 Å². The van der Waals surface area contributed by atoms with Crippen LogP contribution in [0.15, 0.2) is 18.3 Å². The molecule has 19 heavy (non-hydrogen) atoms. The number of anilines is 1. The van der Waals surface area contributed by atoms with E-state index in [9.17, 15) is 18.3 Å². The van der Waals surface area contributed by atoms with Crippen LogP contribution in [0.2, 0.25) is 0 Å². The first-order chi connectivity index (χ1) is 8.92. The van der Waals surface area contributed by atoms with Crippen LogP contribution in [-0.2, 0) is 0 Å². The van der Waals surface area contributed by atoms with Crippen molar-refractivity contribution in [3.8, 4) is 5.75 Å². The van der Waals surface area contributed by atoms with Crippen molar-refractivity contribution in [1.82, 2.24) is 4.98 Å². The number of aromatic nitrogens is 1. The Morgan fingerprint density at radius 1 is 1.37 bits per heavy atom. The number of pyridine rings is 1. The number of aliphatic hydroxyl groups excluding tert-OH is 1. The van der Waals surface area contributed by atoms with Crippen molar-refractivity contribution in [1.29, 1.82) is 0 Å². The van der Waals surface area contributed by atoms with Gasteiger partial charge in [-0.05, 0) is 37.3 Å². The molecule has 1 aliphatic rings. The molecule has 0 aliphatic heterocycles. The zero-order valence-corrected chi connectivity index (χ0v) is 10.2. The molecule has 1 fully saturated rings. The summed E-state index contributed by atoms with van der Waals surface area (Å²) >= 11 is 0. The second-order valence-corrected chi connectivity index (χ2v) is 4.64. The van der Waals surface area contributed by atoms with E-state index >= 15 is 0 Å². The Morgan fingerprint density at radius 3 is 2.68 bits per heavy atom. The van der Waals surface area contributed by atoms with Gasteiger partial charge >= 0.3 is 6.36 Å². The highest BCUT2D eigenvalue weighted by Crippen LogP contribution is 2.26. The molecule has 2 rings (SSSR count). The molecule has 0 saturated heterocycles. The van der Waals surface area contributed by atoms with E-state index in [2.05, 4.69) is 15.0 Å². The van der Waals surface area contributed by atoms with Gasteiger partial charge in [0, 0.05) is 6.54 Å². The number of halogens is 3. The molecule has 0 amide bonds. The first kappa shape index (κ1) is 13.9. The predicted molar refractivity (Wildman–Crippen MR) is 62.8 cm³/mol. The second-order valence-electron chi connectivity index (χ2n) is 4.64. The number of hydrogen-bond donors (Lipinski definition) is 2. The summed E-state index contributed by atoms with van der Waals surface area (Å²) in [5, 5.41) is 12.4. The monoisotopic (exact) mass is 276 g/mol. The van der Waals surface area contributed by atoms with Gasteiger partial charge in [0.1, 0.15) is 11.6 Å². The molecule has 1 aromatic rings. The van der Waals surface area contributed by atoms with Crippen LogP contribution >= 0.6 is 0 Å². The van der Waals surface area contributed by atoms with Crippen molar-refractivity contribution in [3.63, 3.8) is 0 Å². The zero-order valence-electron chi connectivity index (χ0n) is 10.2. The summed E-state index contributed by atoms with van der Waals surface area (Å²) in [5.41, 5.74) is 0. The summed E-state index contributed by atoms with van der Waals surface area (Å²) < 4.78 is 39.6. The summed E-state index contributed by atoms with van der Waals surface area (Å²) in [4.78, 5) is 3.84. The molecule has 2 N–H and O–H groups in total. The summed E-state index contributed by atoms with van der Waals surface area (Å²) in [6, 6.07) is 2.65. The van der Waals surface area contributed by atoms with Gasteiger partial charge in [0.15, 0.2) is 0 Å². The minimum absolute atomic E-state index is 0.234. The molecule has 1 saturated carbocycles. The lowest BCUT2D eigenvalue weighted by molar-refractivity contribution is -0.274. The van der Waals surface area contributed by atoms with Crippen molar-refractivity contribution < 1.29 is 23.0 Å². The van der Waals surface area contributed by atoms with Gasteiger partial charge in [0.25, 0.3) is 0 Å². The Morgan fingerprint density at radius 2 is 2.16 bits per heavy atom. The fraction of sp³-hybridized carbons (Fsp3) is 0.583. The van der Waals surface area contributed by atoms with Crippen LogP contribution in [0, 0.1) is 5.92 Å². The Hall–Kier alpha value is -1.50. The van der Waals surface area contributed by atoms with E-state index in [1.165, 1.54) is 12.1 Å². The minimum Gasteiger partial charge on any atom is -0.404 e. The van der Waals surface area contributed by atoms with Crippen LogP contribution in [0.25, 0.3) is 0 Å². The van der Waals surface area contributed by atoms with Crippen LogP contribution in [0.5, 0.6) is 5.75 Å². The Labute approximate surface area is 108 Å². The van der Waals surface area contributed by atoms with E-state index in [4.69, 9.17) is 0 Å². The van der Waals surface area contributed by atoms with Gasteiger partial charge in [-0.1, -0.05) is 0 Å². The van der Waals surface area contributed by atoms with Crippen molar-refractivity contribution in [2.24, 2.45) is 5.92 Å². The molecule has 106 valence electrons.